The molecule has 3 aliphatic rings. The van der Waals surface area contributed by atoms with Crippen molar-refractivity contribution in [1.29, 1.82) is 0 Å². The van der Waals surface area contributed by atoms with Gasteiger partial charge in [0.2, 0.25) is 6.79 Å². The van der Waals surface area contributed by atoms with Gasteiger partial charge in [-0.1, -0.05) is 30.0 Å². The lowest BCUT2D eigenvalue weighted by Gasteiger charge is -2.24. The molecular weight excluding hydrogens is 440 g/mol. The Bertz CT molecular complexity index is 1180. The topological polar surface area (TPSA) is 94.5 Å². The summed E-state index contributed by atoms with van der Waals surface area (Å²) < 4.78 is 40.7. The number of thioether (sulfide) groups is 1. The lowest BCUT2D eigenvalue weighted by Crippen LogP contribution is -2.37. The van der Waals surface area contributed by atoms with Gasteiger partial charge >= 0.3 is 0 Å². The van der Waals surface area contributed by atoms with E-state index in [1.54, 1.807) is 25.3 Å². The van der Waals surface area contributed by atoms with Crippen LogP contribution in [0.4, 0.5) is 5.69 Å². The number of sulfone groups is 1. The maximum atomic E-state index is 12.8. The van der Waals surface area contributed by atoms with Crippen LogP contribution < -0.4 is 19.1 Å². The molecule has 2 aromatic rings. The Morgan fingerprint density at radius 3 is 2.84 bits per heavy atom. The Hall–Kier alpha value is -2.72. The average Bonchev–Trinajstić information content (AvgIpc) is 3.39. The van der Waals surface area contributed by atoms with Crippen molar-refractivity contribution in [3.05, 3.63) is 48.0 Å². The minimum Gasteiger partial charge on any atom is -0.496 e. The largest absolute Gasteiger partial charge is 0.496 e. The molecule has 5 rings (SSSR count). The molecule has 0 N–H and O–H groups in total. The molecule has 0 aliphatic carbocycles. The first-order chi connectivity index (χ1) is 14.9. The molecule has 0 unspecified atom stereocenters. The van der Waals surface area contributed by atoms with Gasteiger partial charge < -0.3 is 19.1 Å². The smallest absolute Gasteiger partial charge is 0.252 e. The Kier molecular flexibility index (Phi) is 5.05. The van der Waals surface area contributed by atoms with Gasteiger partial charge in [0.1, 0.15) is 5.75 Å². The number of anilines is 1. The van der Waals surface area contributed by atoms with Crippen LogP contribution in [-0.4, -0.2) is 56.2 Å². The zero-order valence-corrected chi connectivity index (χ0v) is 18.3. The second-order valence-electron chi connectivity index (χ2n) is 7.48. The average molecular weight is 461 g/mol. The van der Waals surface area contributed by atoms with Crippen LogP contribution in [0.3, 0.4) is 0 Å². The standard InChI is InChI=1S/C21H20N2O6S2/c1-27-16-5-3-2-4-13(16)8-20(24)22-21-23(15-10-31(25,26)11-19(15)30-21)14-6-7-17-18(9-14)29-12-28-17/h2-7,9,15,19H,8,10-12H2,1H3/t15-,19-/m0/s1. The van der Waals surface area contributed by atoms with Crippen LogP contribution in [0.25, 0.3) is 0 Å². The number of aliphatic imine (C=N–C) groups is 1. The fraction of sp³-hybridized carbons (Fsp3) is 0.333. The van der Waals surface area contributed by atoms with Gasteiger partial charge in [0, 0.05) is 22.6 Å². The Morgan fingerprint density at radius 2 is 2.00 bits per heavy atom. The summed E-state index contributed by atoms with van der Waals surface area (Å²) in [6.45, 7) is 0.145. The van der Waals surface area contributed by atoms with Crippen LogP contribution in [0.15, 0.2) is 47.5 Å². The SMILES string of the molecule is COc1ccccc1CC(=O)N=C1S[C@H]2CS(=O)(=O)C[C@@H]2N1c1ccc2c(c1)OCO2. The van der Waals surface area contributed by atoms with E-state index in [4.69, 9.17) is 14.2 Å². The highest BCUT2D eigenvalue weighted by Crippen LogP contribution is 2.44. The summed E-state index contributed by atoms with van der Waals surface area (Å²) in [5.74, 6) is 1.64. The van der Waals surface area contributed by atoms with E-state index >= 15 is 0 Å². The zero-order chi connectivity index (χ0) is 21.6. The normalized spacial score (nSPS) is 24.4. The number of carbonyl (C=O) groups excluding carboxylic acids is 1. The van der Waals surface area contributed by atoms with Crippen molar-refractivity contribution in [2.75, 3.05) is 30.3 Å². The Morgan fingerprint density at radius 1 is 1.19 bits per heavy atom. The second-order valence-corrected chi connectivity index (χ2v) is 10.8. The molecule has 162 valence electrons. The maximum absolute atomic E-state index is 12.8. The maximum Gasteiger partial charge on any atom is 0.252 e. The number of carbonyl (C=O) groups is 1. The van der Waals surface area contributed by atoms with Crippen molar-refractivity contribution in [3.8, 4) is 17.2 Å². The number of rotatable bonds is 4. The number of amidine groups is 1. The predicted octanol–water partition coefficient (Wildman–Crippen LogP) is 2.27. The molecule has 1 amide bonds. The van der Waals surface area contributed by atoms with Crippen molar-refractivity contribution in [2.24, 2.45) is 4.99 Å². The number of benzene rings is 2. The second kappa shape index (κ2) is 7.76. The molecule has 31 heavy (non-hydrogen) atoms. The highest BCUT2D eigenvalue weighted by molar-refractivity contribution is 8.16. The molecule has 8 nitrogen and oxygen atoms in total. The number of fused-ring (bicyclic) bond motifs is 2. The molecule has 10 heteroatoms. The van der Waals surface area contributed by atoms with Gasteiger partial charge in [0.25, 0.3) is 5.91 Å². The van der Waals surface area contributed by atoms with Crippen LogP contribution in [0.1, 0.15) is 5.56 Å². The molecule has 0 radical (unpaired) electrons. The third-order valence-corrected chi connectivity index (χ3v) is 8.67. The first-order valence-electron chi connectivity index (χ1n) is 9.73. The van der Waals surface area contributed by atoms with Gasteiger partial charge in [-0.3, -0.25) is 4.79 Å². The Balaban J connectivity index is 1.47. The van der Waals surface area contributed by atoms with Crippen molar-refractivity contribution < 1.29 is 27.4 Å². The van der Waals surface area contributed by atoms with Crippen LogP contribution in [-0.2, 0) is 21.1 Å². The van der Waals surface area contributed by atoms with E-state index in [2.05, 4.69) is 4.99 Å². The molecule has 2 aromatic carbocycles. The van der Waals surface area contributed by atoms with Crippen molar-refractivity contribution in [3.63, 3.8) is 0 Å². The minimum absolute atomic E-state index is 0.0266. The van der Waals surface area contributed by atoms with E-state index in [9.17, 15) is 13.2 Å². The van der Waals surface area contributed by atoms with Gasteiger partial charge in [-0.15, -0.1) is 0 Å². The quantitative estimate of drug-likeness (QED) is 0.686. The van der Waals surface area contributed by atoms with E-state index in [0.717, 1.165) is 11.3 Å². The third kappa shape index (κ3) is 3.85. The number of nitrogens with zero attached hydrogens (tertiary/aromatic N) is 2. The van der Waals surface area contributed by atoms with E-state index in [-0.39, 0.29) is 41.9 Å². The lowest BCUT2D eigenvalue weighted by atomic mass is 10.1. The fourth-order valence-corrected chi connectivity index (χ4v) is 7.99. The van der Waals surface area contributed by atoms with E-state index in [1.165, 1.54) is 11.8 Å². The van der Waals surface area contributed by atoms with Crippen LogP contribution in [0.5, 0.6) is 17.2 Å². The zero-order valence-electron chi connectivity index (χ0n) is 16.7. The molecule has 2 saturated heterocycles. The summed E-state index contributed by atoms with van der Waals surface area (Å²) >= 11 is 1.34. The van der Waals surface area contributed by atoms with E-state index in [1.807, 2.05) is 29.2 Å². The van der Waals surface area contributed by atoms with E-state index < -0.39 is 9.84 Å². The molecular formula is C21H20N2O6S2. The van der Waals surface area contributed by atoms with Crippen molar-refractivity contribution in [1.82, 2.24) is 0 Å². The highest BCUT2D eigenvalue weighted by Gasteiger charge is 2.49. The molecule has 3 heterocycles. The van der Waals surface area contributed by atoms with Gasteiger partial charge in [-0.2, -0.15) is 4.99 Å². The van der Waals surface area contributed by atoms with Crippen molar-refractivity contribution in [2.45, 2.75) is 17.7 Å². The van der Waals surface area contributed by atoms with Gasteiger partial charge in [-0.05, 0) is 18.2 Å². The highest BCUT2D eigenvalue weighted by atomic mass is 32.2. The number of para-hydroxylation sites is 1. The number of ether oxygens (including phenoxy) is 3. The molecule has 2 fully saturated rings. The van der Waals surface area contributed by atoms with Crippen LogP contribution in [0.2, 0.25) is 0 Å². The van der Waals surface area contributed by atoms with E-state index in [0.29, 0.717) is 22.4 Å². The molecule has 2 atom stereocenters. The summed E-state index contributed by atoms with van der Waals surface area (Å²) in [7, 11) is -1.58. The van der Waals surface area contributed by atoms with Crippen LogP contribution >= 0.6 is 11.8 Å². The first kappa shape index (κ1) is 20.2. The van der Waals surface area contributed by atoms with Crippen LogP contribution in [0, 0.1) is 0 Å². The van der Waals surface area contributed by atoms with Crippen molar-refractivity contribution >= 4 is 38.4 Å². The van der Waals surface area contributed by atoms with Gasteiger partial charge in [-0.25, -0.2) is 8.42 Å². The molecule has 0 saturated carbocycles. The fourth-order valence-electron chi connectivity index (χ4n) is 4.06. The number of methoxy groups -OCH3 is 1. The first-order valence-corrected chi connectivity index (χ1v) is 12.4. The minimum atomic E-state index is -3.14. The Labute approximate surface area is 184 Å². The number of hydrogen-bond acceptors (Lipinski definition) is 7. The number of amides is 1. The summed E-state index contributed by atoms with van der Waals surface area (Å²) in [5, 5.41) is 0.330. The number of hydrogen-bond donors (Lipinski definition) is 0. The predicted molar refractivity (Wildman–Crippen MR) is 118 cm³/mol. The molecule has 0 spiro atoms. The molecule has 3 aliphatic heterocycles. The summed E-state index contributed by atoms with van der Waals surface area (Å²) in [6.07, 6.45) is 0.0939. The lowest BCUT2D eigenvalue weighted by molar-refractivity contribution is -0.117. The summed E-state index contributed by atoms with van der Waals surface area (Å²) in [5.41, 5.74) is 1.48. The monoisotopic (exact) mass is 460 g/mol. The summed E-state index contributed by atoms with van der Waals surface area (Å²) in [4.78, 5) is 19.0. The molecule has 0 aromatic heterocycles. The molecule has 0 bridgehead atoms. The van der Waals surface area contributed by atoms with Gasteiger partial charge in [0.05, 0.1) is 31.1 Å². The third-order valence-electron chi connectivity index (χ3n) is 5.46. The summed E-state index contributed by atoms with van der Waals surface area (Å²) in [6, 6.07) is 12.5. The van der Waals surface area contributed by atoms with Gasteiger partial charge in [0.15, 0.2) is 26.5 Å².